The van der Waals surface area contributed by atoms with Gasteiger partial charge in [-0.15, -0.1) is 0 Å². The van der Waals surface area contributed by atoms with Crippen LogP contribution in [0.4, 0.5) is 0 Å². The fourth-order valence-corrected chi connectivity index (χ4v) is 14.9. The van der Waals surface area contributed by atoms with Crippen LogP contribution < -0.4 is 20.7 Å². The van der Waals surface area contributed by atoms with Crippen LogP contribution in [0.25, 0.3) is 0 Å². The lowest BCUT2D eigenvalue weighted by molar-refractivity contribution is 0.576. The minimum atomic E-state index is -2.21. The van der Waals surface area contributed by atoms with Crippen LogP contribution in [-0.4, -0.2) is 18.1 Å². The van der Waals surface area contributed by atoms with Crippen molar-refractivity contribution in [1.29, 1.82) is 0 Å². The van der Waals surface area contributed by atoms with E-state index in [9.17, 15) is 0 Å². The van der Waals surface area contributed by atoms with Crippen molar-refractivity contribution in [3.05, 3.63) is 119 Å². The Morgan fingerprint density at radius 2 is 0.512 bits per heavy atom. The van der Waals surface area contributed by atoms with Crippen LogP contribution in [0.15, 0.2) is 97.1 Å². The average molecular weight is 607 g/mol. The molecule has 0 aliphatic carbocycles. The average Bonchev–Trinajstić information content (AvgIpc) is 2.92. The number of rotatable bonds is 6. The maximum atomic E-state index is 8.02. The van der Waals surface area contributed by atoms with E-state index in [1.54, 1.807) is 0 Å². The van der Waals surface area contributed by atoms with E-state index in [0.717, 1.165) is 0 Å². The highest BCUT2D eigenvalue weighted by Gasteiger charge is 2.36. The van der Waals surface area contributed by atoms with Crippen LogP contribution in [0, 0.1) is 0 Å². The fourth-order valence-electron chi connectivity index (χ4n) is 6.40. The molecular weight excluding hydrogens is 553 g/mol. The molecule has 0 saturated carbocycles. The van der Waals surface area contributed by atoms with Crippen LogP contribution in [0.3, 0.4) is 0 Å². The second kappa shape index (κ2) is 12.3. The molecule has 228 valence electrons. The highest BCUT2D eigenvalue weighted by atomic mass is 28.4. The Balaban J connectivity index is 2.10. The van der Waals surface area contributed by atoms with E-state index >= 15 is 0 Å². The molecule has 0 spiro atoms. The first-order valence-electron chi connectivity index (χ1n) is 15.9. The first-order valence-corrected chi connectivity index (χ1v) is 19.2. The summed E-state index contributed by atoms with van der Waals surface area (Å²) in [6, 6.07) is 36.5. The van der Waals surface area contributed by atoms with Crippen molar-refractivity contribution in [2.45, 2.75) is 105 Å². The van der Waals surface area contributed by atoms with Gasteiger partial charge in [0.25, 0.3) is 0 Å². The lowest BCUT2D eigenvalue weighted by atomic mass is 9.87. The van der Waals surface area contributed by atoms with Crippen molar-refractivity contribution in [1.82, 2.24) is 0 Å². The molecule has 1 nitrogen and oxygen atoms in total. The lowest BCUT2D eigenvalue weighted by Gasteiger charge is -2.36. The van der Waals surface area contributed by atoms with Gasteiger partial charge in [0.05, 0.1) is 0 Å². The third kappa shape index (κ3) is 7.50. The predicted octanol–water partition coefficient (Wildman–Crippen LogP) is 7.27. The molecule has 4 aromatic rings. The summed E-state index contributed by atoms with van der Waals surface area (Å²) in [5, 5.41) is 5.63. The Kier molecular flexibility index (Phi) is 9.52. The van der Waals surface area contributed by atoms with Gasteiger partial charge in [0.1, 0.15) is 0 Å². The minimum absolute atomic E-state index is 0.00552. The second-order valence-corrected chi connectivity index (χ2v) is 21.3. The van der Waals surface area contributed by atoms with Crippen LogP contribution in [-0.2, 0) is 25.8 Å². The Morgan fingerprint density at radius 3 is 0.698 bits per heavy atom. The highest BCUT2D eigenvalue weighted by molar-refractivity contribution is 6.92. The smallest absolute Gasteiger partial charge is 0.229 e. The van der Waals surface area contributed by atoms with Gasteiger partial charge in [-0.25, -0.2) is 0 Å². The molecule has 0 aromatic heterocycles. The van der Waals surface area contributed by atoms with Crippen molar-refractivity contribution in [3.63, 3.8) is 0 Å². The summed E-state index contributed by atoms with van der Waals surface area (Å²) >= 11 is 0. The van der Waals surface area contributed by atoms with E-state index in [4.69, 9.17) is 4.12 Å². The third-order valence-corrected chi connectivity index (χ3v) is 14.9. The van der Waals surface area contributed by atoms with Crippen molar-refractivity contribution >= 4 is 38.8 Å². The molecule has 4 rings (SSSR count). The first kappa shape index (κ1) is 33.2. The molecule has 0 N–H and O–H groups in total. The van der Waals surface area contributed by atoms with Gasteiger partial charge in [0, 0.05) is 0 Å². The summed E-state index contributed by atoms with van der Waals surface area (Å²) in [6.45, 7) is 28.1. The van der Waals surface area contributed by atoms with Gasteiger partial charge in [-0.05, 0) is 64.7 Å². The van der Waals surface area contributed by atoms with Gasteiger partial charge in [-0.1, -0.05) is 180 Å². The first-order chi connectivity index (χ1) is 19.9. The zero-order chi connectivity index (χ0) is 31.8. The van der Waals surface area contributed by atoms with E-state index in [2.05, 4.69) is 180 Å². The van der Waals surface area contributed by atoms with E-state index in [0.29, 0.717) is 0 Å². The van der Waals surface area contributed by atoms with Gasteiger partial charge in [0.2, 0.25) is 18.1 Å². The molecule has 0 aliphatic rings. The number of hydrogen-bond donors (Lipinski definition) is 0. The van der Waals surface area contributed by atoms with E-state index in [1.807, 2.05) is 0 Å². The molecule has 43 heavy (non-hydrogen) atoms. The predicted molar refractivity (Wildman–Crippen MR) is 194 cm³/mol. The fraction of sp³-hybridized carbons (Fsp3) is 0.400. The highest BCUT2D eigenvalue weighted by Crippen LogP contribution is 2.27. The molecule has 0 atom stereocenters. The Labute approximate surface area is 266 Å². The minimum Gasteiger partial charge on any atom is -0.446 e. The molecular formula is C40H54OSi2. The van der Waals surface area contributed by atoms with E-state index in [-0.39, 0.29) is 21.7 Å². The van der Waals surface area contributed by atoms with Crippen LogP contribution in [0.2, 0.25) is 0 Å². The lowest BCUT2D eigenvalue weighted by Crippen LogP contribution is -2.60. The Morgan fingerprint density at radius 1 is 0.326 bits per heavy atom. The summed E-state index contributed by atoms with van der Waals surface area (Å²) in [6.07, 6.45) is 0. The largest absolute Gasteiger partial charge is 0.446 e. The second-order valence-electron chi connectivity index (χ2n) is 16.2. The zero-order valence-electron chi connectivity index (χ0n) is 28.8. The zero-order valence-corrected chi connectivity index (χ0v) is 31.1. The normalized spacial score (nSPS) is 13.2. The molecule has 0 heterocycles. The number of hydrogen-bond acceptors (Lipinski definition) is 1. The topological polar surface area (TPSA) is 9.23 Å². The molecule has 0 unspecified atom stereocenters. The van der Waals surface area contributed by atoms with Crippen molar-refractivity contribution in [2.24, 2.45) is 0 Å². The summed E-state index contributed by atoms with van der Waals surface area (Å²) in [5.74, 6) is 0. The maximum absolute atomic E-state index is 8.02. The SMILES string of the molecule is CC(C)(C)c1ccccc1[SiH](O[SiH](c1ccccc1C(C)(C)C)c1ccccc1C(C)(C)C)c1ccccc1C(C)(C)C. The molecule has 0 saturated heterocycles. The summed E-state index contributed by atoms with van der Waals surface area (Å²) in [4.78, 5) is 0. The van der Waals surface area contributed by atoms with E-state index < -0.39 is 18.1 Å². The molecule has 0 fully saturated rings. The molecule has 0 aliphatic heterocycles. The van der Waals surface area contributed by atoms with Crippen LogP contribution in [0.1, 0.15) is 105 Å². The van der Waals surface area contributed by atoms with Crippen molar-refractivity contribution < 1.29 is 4.12 Å². The molecule has 3 heteroatoms. The summed E-state index contributed by atoms with van der Waals surface area (Å²) < 4.78 is 8.02. The van der Waals surface area contributed by atoms with Crippen LogP contribution >= 0.6 is 0 Å². The molecule has 4 aromatic carbocycles. The van der Waals surface area contributed by atoms with Gasteiger partial charge < -0.3 is 4.12 Å². The van der Waals surface area contributed by atoms with Gasteiger partial charge in [0.15, 0.2) is 0 Å². The third-order valence-electron chi connectivity index (χ3n) is 8.48. The van der Waals surface area contributed by atoms with Crippen molar-refractivity contribution in [2.75, 3.05) is 0 Å². The molecule has 0 amide bonds. The molecule has 0 bridgehead atoms. The van der Waals surface area contributed by atoms with Gasteiger partial charge in [-0.3, -0.25) is 0 Å². The number of benzene rings is 4. The van der Waals surface area contributed by atoms with Crippen LogP contribution in [0.5, 0.6) is 0 Å². The van der Waals surface area contributed by atoms with Gasteiger partial charge in [-0.2, -0.15) is 0 Å². The standard InChI is InChI=1S/C40H54OSi2/c1-37(2,3)29-21-13-17-25-33(29)42(34-26-18-14-22-30(34)38(4,5)6)41-43(35-27-19-15-23-31(35)39(7,8)9)36-28-20-16-24-32(36)40(10,11)12/h13-28,42-43H,1-12H3. The van der Waals surface area contributed by atoms with Crippen molar-refractivity contribution in [3.8, 4) is 0 Å². The molecule has 0 radical (unpaired) electrons. The Bertz CT molecular complexity index is 1310. The van der Waals surface area contributed by atoms with Gasteiger partial charge >= 0.3 is 0 Å². The maximum Gasteiger partial charge on any atom is 0.229 e. The quantitative estimate of drug-likeness (QED) is 0.210. The Hall–Kier alpha value is -2.73. The summed E-state index contributed by atoms with van der Waals surface area (Å²) in [5.41, 5.74) is 5.62. The van der Waals surface area contributed by atoms with E-state index in [1.165, 1.54) is 43.0 Å². The monoisotopic (exact) mass is 606 g/mol. The summed E-state index contributed by atoms with van der Waals surface area (Å²) in [7, 11) is -4.43.